The lowest BCUT2D eigenvalue weighted by Crippen LogP contribution is -2.32. The molecule has 0 saturated carbocycles. The number of ether oxygens (including phenoxy) is 4. The molecule has 1 aromatic carbocycles. The lowest BCUT2D eigenvalue weighted by atomic mass is 9.80. The van der Waals surface area contributed by atoms with Gasteiger partial charge < -0.3 is 24.3 Å². The van der Waals surface area contributed by atoms with Crippen molar-refractivity contribution in [3.8, 4) is 23.3 Å². The molecular weight excluding hydrogens is 460 g/mol. The normalized spacial score (nSPS) is 16.2. The van der Waals surface area contributed by atoms with Crippen LogP contribution in [0, 0.1) is 11.8 Å². The number of allylic oxidation sites excluding steroid dienone is 2. The third kappa shape index (κ3) is 6.21. The van der Waals surface area contributed by atoms with Crippen LogP contribution < -0.4 is 14.8 Å². The van der Waals surface area contributed by atoms with Crippen LogP contribution in [0.15, 0.2) is 40.7 Å². The Balaban J connectivity index is 2.03. The summed E-state index contributed by atoms with van der Waals surface area (Å²) in [4.78, 5) is 28.6. The average Bonchev–Trinajstić information content (AvgIpc) is 3.37. The van der Waals surface area contributed by atoms with Crippen molar-refractivity contribution < 1.29 is 28.5 Å². The van der Waals surface area contributed by atoms with E-state index in [-0.39, 0.29) is 19.8 Å². The number of carbonyl (C=O) groups excluding carboxylic acids is 2. The molecule has 2 aliphatic rings. The summed E-state index contributed by atoms with van der Waals surface area (Å²) in [5.41, 5.74) is 2.45. The van der Waals surface area contributed by atoms with Crippen LogP contribution in [0.5, 0.6) is 11.5 Å². The Bertz CT molecular complexity index is 1050. The predicted molar refractivity (Wildman–Crippen MR) is 136 cm³/mol. The lowest BCUT2D eigenvalue weighted by Gasteiger charge is -2.31. The van der Waals surface area contributed by atoms with Gasteiger partial charge in [0.1, 0.15) is 6.61 Å². The van der Waals surface area contributed by atoms with Crippen molar-refractivity contribution in [1.82, 2.24) is 10.2 Å². The zero-order chi connectivity index (χ0) is 26.1. The van der Waals surface area contributed by atoms with Gasteiger partial charge >= 0.3 is 11.9 Å². The van der Waals surface area contributed by atoms with Gasteiger partial charge in [-0.25, -0.2) is 9.59 Å². The summed E-state index contributed by atoms with van der Waals surface area (Å²) in [7, 11) is 1.55. The third-order valence-corrected chi connectivity index (χ3v) is 6.21. The Morgan fingerprint density at radius 1 is 1.00 bits per heavy atom. The van der Waals surface area contributed by atoms with Crippen molar-refractivity contribution in [2.45, 2.75) is 46.5 Å². The number of nitrogens with zero attached hydrogens (tertiary/aromatic N) is 1. The molecule has 3 rings (SSSR count). The first-order chi connectivity index (χ1) is 17.4. The Kier molecular flexibility index (Phi) is 9.83. The van der Waals surface area contributed by atoms with Gasteiger partial charge in [0.25, 0.3) is 0 Å². The summed E-state index contributed by atoms with van der Waals surface area (Å²) < 4.78 is 22.5. The Hall–Kier alpha value is -3.44. The van der Waals surface area contributed by atoms with Gasteiger partial charge in [0.05, 0.1) is 43.9 Å². The summed E-state index contributed by atoms with van der Waals surface area (Å²) in [5.74, 6) is 5.35. The molecule has 0 radical (unpaired) electrons. The molecule has 8 nitrogen and oxygen atoms in total. The minimum atomic E-state index is -0.771. The molecule has 194 valence electrons. The van der Waals surface area contributed by atoms with Crippen LogP contribution in [0.2, 0.25) is 0 Å². The number of dihydropyridines is 1. The minimum Gasteiger partial charge on any atom is -0.493 e. The van der Waals surface area contributed by atoms with E-state index in [4.69, 9.17) is 18.9 Å². The first-order valence-electron chi connectivity index (χ1n) is 12.4. The third-order valence-electron chi connectivity index (χ3n) is 6.21. The average molecular weight is 497 g/mol. The molecule has 8 heteroatoms. The molecule has 1 saturated heterocycles. The van der Waals surface area contributed by atoms with Crippen LogP contribution in [-0.4, -0.2) is 63.4 Å². The van der Waals surface area contributed by atoms with E-state index in [1.165, 1.54) is 12.8 Å². The van der Waals surface area contributed by atoms with Gasteiger partial charge in [-0.15, -0.1) is 0 Å². The van der Waals surface area contributed by atoms with Crippen LogP contribution >= 0.6 is 0 Å². The molecule has 1 aromatic rings. The Morgan fingerprint density at radius 3 is 2.17 bits per heavy atom. The second kappa shape index (κ2) is 13.0. The fourth-order valence-electron chi connectivity index (χ4n) is 4.61. The molecule has 0 aromatic heterocycles. The largest absolute Gasteiger partial charge is 0.493 e. The summed E-state index contributed by atoms with van der Waals surface area (Å²) in [6, 6.07) is 5.40. The van der Waals surface area contributed by atoms with Gasteiger partial charge in [0.2, 0.25) is 0 Å². The number of esters is 2. The van der Waals surface area contributed by atoms with Gasteiger partial charge in [-0.05, 0) is 59.7 Å². The Morgan fingerprint density at radius 2 is 1.61 bits per heavy atom. The maximum atomic E-state index is 13.1. The fraction of sp³-hybridized carbons (Fsp3) is 0.500. The molecule has 1 N–H and O–H groups in total. The molecule has 0 amide bonds. The monoisotopic (exact) mass is 496 g/mol. The van der Waals surface area contributed by atoms with Crippen LogP contribution in [0.3, 0.4) is 0 Å². The van der Waals surface area contributed by atoms with E-state index in [1.807, 2.05) is 6.07 Å². The SMILES string of the molecule is CCOC(=O)C1=C(C)NC(C)=C(C(=O)OCC)C1c1cccc(OC)c1OCC#CCN1CCCC1. The summed E-state index contributed by atoms with van der Waals surface area (Å²) in [5, 5.41) is 3.15. The highest BCUT2D eigenvalue weighted by Gasteiger charge is 2.40. The van der Waals surface area contributed by atoms with Gasteiger partial charge in [0.15, 0.2) is 11.5 Å². The number of carbonyl (C=O) groups is 2. The maximum Gasteiger partial charge on any atom is 0.336 e. The van der Waals surface area contributed by atoms with Gasteiger partial charge in [0, 0.05) is 17.0 Å². The number of benzene rings is 1. The van der Waals surface area contributed by atoms with E-state index in [1.54, 1.807) is 46.9 Å². The second-order valence-corrected chi connectivity index (χ2v) is 8.58. The van der Waals surface area contributed by atoms with Crippen molar-refractivity contribution >= 4 is 11.9 Å². The zero-order valence-electron chi connectivity index (χ0n) is 21.9. The van der Waals surface area contributed by atoms with Crippen molar-refractivity contribution in [3.05, 3.63) is 46.3 Å². The Labute approximate surface area is 213 Å². The van der Waals surface area contributed by atoms with E-state index in [2.05, 4.69) is 22.1 Å². The summed E-state index contributed by atoms with van der Waals surface area (Å²) in [6.07, 6.45) is 2.43. The van der Waals surface area contributed by atoms with Crippen molar-refractivity contribution in [1.29, 1.82) is 0 Å². The van der Waals surface area contributed by atoms with E-state index < -0.39 is 17.9 Å². The zero-order valence-corrected chi connectivity index (χ0v) is 21.9. The molecular formula is C28H36N2O6. The molecule has 0 atom stereocenters. The topological polar surface area (TPSA) is 86.3 Å². The fourth-order valence-corrected chi connectivity index (χ4v) is 4.61. The van der Waals surface area contributed by atoms with E-state index >= 15 is 0 Å². The van der Waals surface area contributed by atoms with Crippen molar-refractivity contribution in [2.75, 3.05) is 46.6 Å². The van der Waals surface area contributed by atoms with E-state index in [9.17, 15) is 9.59 Å². The van der Waals surface area contributed by atoms with Crippen LogP contribution in [0.4, 0.5) is 0 Å². The molecule has 0 unspecified atom stereocenters. The number of para-hydroxylation sites is 1. The molecule has 0 bridgehead atoms. The number of hydrogen-bond donors (Lipinski definition) is 1. The van der Waals surface area contributed by atoms with Crippen LogP contribution in [0.25, 0.3) is 0 Å². The van der Waals surface area contributed by atoms with Gasteiger partial charge in [-0.2, -0.15) is 0 Å². The second-order valence-electron chi connectivity index (χ2n) is 8.58. The van der Waals surface area contributed by atoms with Crippen LogP contribution in [-0.2, 0) is 19.1 Å². The summed E-state index contributed by atoms with van der Waals surface area (Å²) in [6.45, 7) is 10.5. The highest BCUT2D eigenvalue weighted by molar-refractivity contribution is 6.00. The number of rotatable bonds is 9. The van der Waals surface area contributed by atoms with Crippen LogP contribution in [0.1, 0.15) is 52.0 Å². The highest BCUT2D eigenvalue weighted by Crippen LogP contribution is 2.45. The number of nitrogens with one attached hydrogen (secondary N) is 1. The predicted octanol–water partition coefficient (Wildman–Crippen LogP) is 3.53. The highest BCUT2D eigenvalue weighted by atomic mass is 16.5. The molecule has 2 heterocycles. The molecule has 0 spiro atoms. The summed E-state index contributed by atoms with van der Waals surface area (Å²) >= 11 is 0. The molecule has 36 heavy (non-hydrogen) atoms. The minimum absolute atomic E-state index is 0.140. The number of methoxy groups -OCH3 is 1. The molecule has 1 fully saturated rings. The number of likely N-dealkylation sites (tertiary alicyclic amines) is 1. The maximum absolute atomic E-state index is 13.1. The number of hydrogen-bond acceptors (Lipinski definition) is 8. The van der Waals surface area contributed by atoms with Gasteiger partial charge in [-0.1, -0.05) is 24.0 Å². The van der Waals surface area contributed by atoms with Gasteiger partial charge in [-0.3, -0.25) is 4.90 Å². The molecule has 0 aliphatic carbocycles. The first kappa shape index (κ1) is 27.2. The van der Waals surface area contributed by atoms with E-state index in [0.29, 0.717) is 46.1 Å². The first-order valence-corrected chi connectivity index (χ1v) is 12.4. The quantitative estimate of drug-likeness (QED) is 0.411. The standard InChI is InChI=1S/C28H36N2O6/c1-6-34-27(31)23-19(3)29-20(4)24(28(32)35-7-2)25(23)21-13-12-14-22(33-5)26(21)36-18-11-10-17-30-15-8-9-16-30/h12-14,25,29H,6-9,15-18H2,1-5H3. The lowest BCUT2D eigenvalue weighted by molar-refractivity contribution is -0.139. The smallest absolute Gasteiger partial charge is 0.336 e. The van der Waals surface area contributed by atoms with Crippen molar-refractivity contribution in [2.24, 2.45) is 0 Å². The van der Waals surface area contributed by atoms with E-state index in [0.717, 1.165) is 13.1 Å². The molecule has 2 aliphatic heterocycles. The van der Waals surface area contributed by atoms with Crippen molar-refractivity contribution in [3.63, 3.8) is 0 Å².